The largest absolute Gasteiger partial charge is 0.304 e. The molecular weight excluding hydrogens is 190 g/mol. The van der Waals surface area contributed by atoms with Crippen LogP contribution in [0.2, 0.25) is 0 Å². The molecule has 0 fully saturated rings. The summed E-state index contributed by atoms with van der Waals surface area (Å²) in [6, 6.07) is 0.735. The van der Waals surface area contributed by atoms with Crippen LogP contribution in [-0.4, -0.2) is 29.9 Å². The van der Waals surface area contributed by atoms with Crippen LogP contribution >= 0.6 is 15.9 Å². The Morgan fingerprint density at radius 2 is 2.10 bits per heavy atom. The fourth-order valence-corrected chi connectivity index (χ4v) is 1.09. The van der Waals surface area contributed by atoms with Gasteiger partial charge in [-0.05, 0) is 33.4 Å². The van der Waals surface area contributed by atoms with Crippen molar-refractivity contribution in [1.82, 2.24) is 4.90 Å². The van der Waals surface area contributed by atoms with Crippen LogP contribution in [0.4, 0.5) is 0 Å². The third-order valence-electron chi connectivity index (χ3n) is 1.99. The van der Waals surface area contributed by atoms with Crippen molar-refractivity contribution in [3.8, 4) is 0 Å². The Kier molecular flexibility index (Phi) is 6.44. The molecule has 0 bridgehead atoms. The van der Waals surface area contributed by atoms with E-state index in [9.17, 15) is 0 Å². The molecule has 0 spiro atoms. The Labute approximate surface area is 72.9 Å². The second-order valence-corrected chi connectivity index (χ2v) is 3.57. The molecule has 0 aliphatic rings. The van der Waals surface area contributed by atoms with Crippen molar-refractivity contribution in [2.24, 2.45) is 0 Å². The molecule has 0 aromatic rings. The van der Waals surface area contributed by atoms with Crippen molar-refractivity contribution in [3.63, 3.8) is 0 Å². The molecule has 1 atom stereocenters. The number of hydrogen-bond acceptors (Lipinski definition) is 1. The number of hydrogen-bond donors (Lipinski definition) is 0. The summed E-state index contributed by atoms with van der Waals surface area (Å²) in [4.78, 5) is 2.40. The lowest BCUT2D eigenvalue weighted by molar-refractivity contribution is 0.253. The Balaban J connectivity index is 3.31. The highest BCUT2D eigenvalue weighted by molar-refractivity contribution is 9.09. The van der Waals surface area contributed by atoms with Crippen LogP contribution in [0.3, 0.4) is 0 Å². The quantitative estimate of drug-likeness (QED) is 0.627. The molecule has 0 rings (SSSR count). The van der Waals surface area contributed by atoms with Crippen LogP contribution in [0.5, 0.6) is 0 Å². The molecule has 1 nitrogen and oxygen atoms in total. The maximum Gasteiger partial charge on any atom is 0.00612 e. The highest BCUT2D eigenvalue weighted by Crippen LogP contribution is 2.01. The number of rotatable bonds is 5. The minimum absolute atomic E-state index is 0.735. The summed E-state index contributed by atoms with van der Waals surface area (Å²) in [7, 11) is 2.19. The van der Waals surface area contributed by atoms with Gasteiger partial charge in [-0.15, -0.1) is 0 Å². The second-order valence-electron chi connectivity index (χ2n) is 2.78. The van der Waals surface area contributed by atoms with Crippen molar-refractivity contribution in [2.75, 3.05) is 18.9 Å². The highest BCUT2D eigenvalue weighted by Gasteiger charge is 2.04. The van der Waals surface area contributed by atoms with Crippen molar-refractivity contribution in [2.45, 2.75) is 32.7 Å². The smallest absolute Gasteiger partial charge is 0.00612 e. The topological polar surface area (TPSA) is 3.24 Å². The Hall–Kier alpha value is 0.440. The van der Waals surface area contributed by atoms with Crippen molar-refractivity contribution < 1.29 is 0 Å². The van der Waals surface area contributed by atoms with Crippen molar-refractivity contribution >= 4 is 15.9 Å². The van der Waals surface area contributed by atoms with Crippen LogP contribution in [0.15, 0.2) is 0 Å². The monoisotopic (exact) mass is 207 g/mol. The summed E-state index contributed by atoms with van der Waals surface area (Å²) in [5.74, 6) is 0. The van der Waals surface area contributed by atoms with Gasteiger partial charge in [0.1, 0.15) is 0 Å². The average molecular weight is 208 g/mol. The van der Waals surface area contributed by atoms with Gasteiger partial charge in [0, 0.05) is 11.4 Å². The van der Waals surface area contributed by atoms with Gasteiger partial charge < -0.3 is 4.90 Å². The number of nitrogens with zero attached hydrogens (tertiary/aromatic N) is 1. The molecule has 10 heavy (non-hydrogen) atoms. The van der Waals surface area contributed by atoms with Crippen molar-refractivity contribution in [1.29, 1.82) is 0 Å². The van der Waals surface area contributed by atoms with Gasteiger partial charge in [-0.25, -0.2) is 0 Å². The van der Waals surface area contributed by atoms with E-state index in [1.165, 1.54) is 19.4 Å². The lowest BCUT2D eigenvalue weighted by atomic mass is 10.2. The third kappa shape index (κ3) is 4.29. The predicted octanol–water partition coefficient (Wildman–Crippen LogP) is 2.50. The second kappa shape index (κ2) is 6.17. The van der Waals surface area contributed by atoms with Gasteiger partial charge in [-0.1, -0.05) is 22.9 Å². The summed E-state index contributed by atoms with van der Waals surface area (Å²) in [6.45, 7) is 5.71. The summed E-state index contributed by atoms with van der Waals surface area (Å²) < 4.78 is 0. The van der Waals surface area contributed by atoms with Gasteiger partial charge in [-0.2, -0.15) is 0 Å². The zero-order chi connectivity index (χ0) is 7.98. The van der Waals surface area contributed by atoms with E-state index in [1.807, 2.05) is 0 Å². The summed E-state index contributed by atoms with van der Waals surface area (Å²) >= 11 is 3.42. The van der Waals surface area contributed by atoms with E-state index in [0.29, 0.717) is 0 Å². The lowest BCUT2D eigenvalue weighted by Crippen LogP contribution is -2.29. The molecule has 0 saturated carbocycles. The van der Waals surface area contributed by atoms with Crippen LogP contribution < -0.4 is 0 Å². The molecule has 0 amide bonds. The first kappa shape index (κ1) is 10.4. The fourth-order valence-electron chi connectivity index (χ4n) is 0.841. The van der Waals surface area contributed by atoms with Crippen LogP contribution in [-0.2, 0) is 0 Å². The minimum Gasteiger partial charge on any atom is -0.304 e. The first-order valence-corrected chi connectivity index (χ1v) is 5.10. The van der Waals surface area contributed by atoms with Crippen LogP contribution in [0.1, 0.15) is 26.7 Å². The SMILES string of the molecule is CCC(C)N(C)CCCBr. The molecule has 0 N–H and O–H groups in total. The number of alkyl halides is 1. The summed E-state index contributed by atoms with van der Waals surface area (Å²) in [5, 5.41) is 1.12. The average Bonchev–Trinajstić information content (AvgIpc) is 1.98. The molecule has 1 unspecified atom stereocenters. The third-order valence-corrected chi connectivity index (χ3v) is 2.55. The van der Waals surface area contributed by atoms with E-state index in [-0.39, 0.29) is 0 Å². The van der Waals surface area contributed by atoms with Gasteiger partial charge in [0.25, 0.3) is 0 Å². The Morgan fingerprint density at radius 1 is 1.50 bits per heavy atom. The lowest BCUT2D eigenvalue weighted by Gasteiger charge is -2.22. The maximum atomic E-state index is 3.42. The summed E-state index contributed by atoms with van der Waals surface area (Å²) in [5.41, 5.74) is 0. The standard InChI is InChI=1S/C8H18BrN/c1-4-8(2)10(3)7-5-6-9/h8H,4-7H2,1-3H3. The molecule has 0 aliphatic heterocycles. The fraction of sp³-hybridized carbons (Fsp3) is 1.00. The maximum absolute atomic E-state index is 3.42. The first-order valence-electron chi connectivity index (χ1n) is 3.98. The summed E-state index contributed by atoms with van der Waals surface area (Å²) in [6.07, 6.45) is 2.50. The van der Waals surface area contributed by atoms with E-state index in [4.69, 9.17) is 0 Å². The van der Waals surface area contributed by atoms with Crippen molar-refractivity contribution in [3.05, 3.63) is 0 Å². The van der Waals surface area contributed by atoms with E-state index in [2.05, 4.69) is 41.7 Å². The Bertz CT molecular complexity index is 75.7. The van der Waals surface area contributed by atoms with E-state index in [0.717, 1.165) is 11.4 Å². The Morgan fingerprint density at radius 3 is 2.50 bits per heavy atom. The molecule has 0 heterocycles. The zero-order valence-corrected chi connectivity index (χ0v) is 8.82. The molecule has 0 aromatic carbocycles. The van der Waals surface area contributed by atoms with E-state index >= 15 is 0 Å². The molecule has 0 saturated heterocycles. The molecular formula is C8H18BrN. The molecule has 0 radical (unpaired) electrons. The first-order chi connectivity index (χ1) is 4.72. The van der Waals surface area contributed by atoms with Gasteiger partial charge in [-0.3, -0.25) is 0 Å². The number of halogens is 1. The van der Waals surface area contributed by atoms with E-state index in [1.54, 1.807) is 0 Å². The molecule has 0 aromatic heterocycles. The zero-order valence-electron chi connectivity index (χ0n) is 7.23. The van der Waals surface area contributed by atoms with Gasteiger partial charge in [0.05, 0.1) is 0 Å². The van der Waals surface area contributed by atoms with Gasteiger partial charge in [0.2, 0.25) is 0 Å². The van der Waals surface area contributed by atoms with Gasteiger partial charge >= 0.3 is 0 Å². The van der Waals surface area contributed by atoms with Crippen LogP contribution in [0, 0.1) is 0 Å². The molecule has 62 valence electrons. The molecule has 0 aliphatic carbocycles. The minimum atomic E-state index is 0.735. The van der Waals surface area contributed by atoms with Crippen LogP contribution in [0.25, 0.3) is 0 Å². The van der Waals surface area contributed by atoms with Gasteiger partial charge in [0.15, 0.2) is 0 Å². The van der Waals surface area contributed by atoms with E-state index < -0.39 is 0 Å². The normalized spacial score (nSPS) is 14.1. The predicted molar refractivity (Wildman–Crippen MR) is 50.8 cm³/mol. The molecule has 2 heteroatoms. The highest BCUT2D eigenvalue weighted by atomic mass is 79.9.